The van der Waals surface area contributed by atoms with Gasteiger partial charge in [-0.05, 0) is 97.9 Å². The highest BCUT2D eigenvalue weighted by Gasteiger charge is 2.76. The lowest BCUT2D eigenvalue weighted by molar-refractivity contribution is -0.102. The Balaban J connectivity index is 1.24. The Kier molecular flexibility index (Phi) is 4.49. The fourth-order valence-electron chi connectivity index (χ4n) is 10.3. The number of phenolic OH excluding ortho intramolecular Hbond substituents is 1. The lowest BCUT2D eigenvalue weighted by atomic mass is 9.43. The molecule has 1 aromatic heterocycles. The standard InChI is InChI=1S/C30H36N4O4/c1-31-16-21(26(36)32(2)28(31)38)27(37)34-15-19-13-29-8-7-23(34)25(19)30(29)9-10-33(14-17-3-4-17)24(29)11-18-5-6-20(35)12-22(18)30/h5-6,12,16-17,19,23-25,35H,3-4,7-11,13-15H2,1-2H3/t19-,23?,24?,25?,29?,30?/m1/s1. The zero-order valence-corrected chi connectivity index (χ0v) is 22.2. The van der Waals surface area contributed by atoms with Crippen molar-refractivity contribution in [3.63, 3.8) is 0 Å². The lowest BCUT2D eigenvalue weighted by Crippen LogP contribution is -2.70. The number of carbonyl (C=O) groups is 1. The fourth-order valence-corrected chi connectivity index (χ4v) is 10.3. The van der Waals surface area contributed by atoms with Gasteiger partial charge in [0.2, 0.25) is 0 Å². The fraction of sp³-hybridized carbons (Fsp3) is 0.633. The summed E-state index contributed by atoms with van der Waals surface area (Å²) in [4.78, 5) is 44.0. The van der Waals surface area contributed by atoms with Crippen molar-refractivity contribution >= 4 is 5.91 Å². The van der Waals surface area contributed by atoms with Gasteiger partial charge in [-0.25, -0.2) is 4.79 Å². The third-order valence-electron chi connectivity index (χ3n) is 11.7. The quantitative estimate of drug-likeness (QED) is 0.675. The van der Waals surface area contributed by atoms with Crippen LogP contribution in [0.2, 0.25) is 0 Å². The van der Waals surface area contributed by atoms with Crippen LogP contribution in [0.25, 0.3) is 0 Å². The molecule has 1 N–H and O–H groups in total. The Bertz CT molecular complexity index is 1510. The molecule has 2 aliphatic heterocycles. The zero-order chi connectivity index (χ0) is 26.1. The Morgan fingerprint density at radius 2 is 1.95 bits per heavy atom. The van der Waals surface area contributed by atoms with Gasteiger partial charge in [-0.2, -0.15) is 0 Å². The molecule has 2 aromatic rings. The van der Waals surface area contributed by atoms with E-state index in [4.69, 9.17) is 0 Å². The van der Waals surface area contributed by atoms with E-state index < -0.39 is 11.2 Å². The molecule has 8 rings (SSSR count). The van der Waals surface area contributed by atoms with Crippen LogP contribution in [0, 0.1) is 23.2 Å². The summed E-state index contributed by atoms with van der Waals surface area (Å²) in [6.07, 6.45) is 9.45. The molecule has 6 aliphatic rings. The second-order valence-corrected chi connectivity index (χ2v) is 13.2. The SMILES string of the molecule is Cn1cc(C(=O)N2C[C@H]3CC45CCC2C3C42CCN(CC3CC3)C5Cc3ccc(O)cc32)c(=O)n(C)c1=O. The van der Waals surface area contributed by atoms with E-state index in [1.807, 2.05) is 11.0 Å². The van der Waals surface area contributed by atoms with Crippen LogP contribution in [-0.4, -0.2) is 61.7 Å². The first-order chi connectivity index (χ1) is 18.2. The molecule has 0 radical (unpaired) electrons. The Hall–Kier alpha value is -2.87. The minimum atomic E-state index is -0.514. The maximum atomic E-state index is 14.0. The van der Waals surface area contributed by atoms with Gasteiger partial charge < -0.3 is 14.6 Å². The number of carbonyl (C=O) groups excluding carboxylic acids is 1. The van der Waals surface area contributed by atoms with Crippen LogP contribution < -0.4 is 11.2 Å². The molecule has 5 unspecified atom stereocenters. The molecule has 3 heterocycles. The predicted octanol–water partition coefficient (Wildman–Crippen LogP) is 2.01. The summed E-state index contributed by atoms with van der Waals surface area (Å²) in [5.41, 5.74) is 2.01. The number of phenols is 1. The first-order valence-electron chi connectivity index (χ1n) is 14.4. The van der Waals surface area contributed by atoms with Gasteiger partial charge in [0.25, 0.3) is 11.5 Å². The maximum absolute atomic E-state index is 14.0. The van der Waals surface area contributed by atoms with Crippen LogP contribution >= 0.6 is 0 Å². The van der Waals surface area contributed by atoms with Gasteiger partial charge >= 0.3 is 5.69 Å². The highest BCUT2D eigenvalue weighted by atomic mass is 16.3. The highest BCUT2D eigenvalue weighted by molar-refractivity contribution is 5.94. The van der Waals surface area contributed by atoms with Gasteiger partial charge in [0.05, 0.1) is 0 Å². The number of hydrogen-bond donors (Lipinski definition) is 1. The second-order valence-electron chi connectivity index (χ2n) is 13.2. The highest BCUT2D eigenvalue weighted by Crippen LogP contribution is 2.75. The van der Waals surface area contributed by atoms with Crippen molar-refractivity contribution in [3.8, 4) is 5.75 Å². The summed E-state index contributed by atoms with van der Waals surface area (Å²) in [7, 11) is 3.03. The summed E-state index contributed by atoms with van der Waals surface area (Å²) >= 11 is 0. The smallest absolute Gasteiger partial charge is 0.330 e. The third-order valence-corrected chi connectivity index (χ3v) is 11.7. The molecular weight excluding hydrogens is 480 g/mol. The average Bonchev–Trinajstić information content (AvgIpc) is 3.59. The molecule has 1 amide bonds. The largest absolute Gasteiger partial charge is 0.508 e. The number of hydrogen-bond acceptors (Lipinski definition) is 5. The first-order valence-corrected chi connectivity index (χ1v) is 14.4. The normalized spacial score (nSPS) is 36.7. The molecule has 3 saturated carbocycles. The van der Waals surface area contributed by atoms with E-state index in [9.17, 15) is 19.5 Å². The number of rotatable bonds is 3. The van der Waals surface area contributed by atoms with E-state index in [0.29, 0.717) is 30.2 Å². The molecular formula is C30H36N4O4. The molecule has 5 fully saturated rings. The van der Waals surface area contributed by atoms with Crippen LogP contribution in [0.5, 0.6) is 5.75 Å². The van der Waals surface area contributed by atoms with Crippen LogP contribution in [0.3, 0.4) is 0 Å². The number of aromatic hydroxyl groups is 1. The molecule has 38 heavy (non-hydrogen) atoms. The van der Waals surface area contributed by atoms with Gasteiger partial charge in [0.15, 0.2) is 0 Å². The summed E-state index contributed by atoms with van der Waals surface area (Å²) in [5, 5.41) is 10.6. The van der Waals surface area contributed by atoms with Crippen molar-refractivity contribution in [1.29, 1.82) is 0 Å². The van der Waals surface area contributed by atoms with Crippen LogP contribution in [0.4, 0.5) is 0 Å². The van der Waals surface area contributed by atoms with Crippen molar-refractivity contribution in [2.45, 2.75) is 62.4 Å². The van der Waals surface area contributed by atoms with Gasteiger partial charge in [-0.1, -0.05) is 6.07 Å². The average molecular weight is 517 g/mol. The molecule has 4 aliphatic carbocycles. The van der Waals surface area contributed by atoms with Crippen LogP contribution in [0.15, 0.2) is 34.0 Å². The van der Waals surface area contributed by atoms with Crippen LogP contribution in [0.1, 0.15) is 60.0 Å². The van der Waals surface area contributed by atoms with Gasteiger partial charge in [-0.3, -0.25) is 19.1 Å². The van der Waals surface area contributed by atoms with Crippen molar-refractivity contribution in [3.05, 3.63) is 61.9 Å². The monoisotopic (exact) mass is 516 g/mol. The third kappa shape index (κ3) is 2.67. The van der Waals surface area contributed by atoms with Gasteiger partial charge in [0, 0.05) is 50.9 Å². The van der Waals surface area contributed by atoms with E-state index in [-0.39, 0.29) is 28.3 Å². The molecule has 8 nitrogen and oxygen atoms in total. The zero-order valence-electron chi connectivity index (χ0n) is 22.2. The van der Waals surface area contributed by atoms with Crippen molar-refractivity contribution in [1.82, 2.24) is 18.9 Å². The molecule has 4 bridgehead atoms. The number of amides is 1. The topological polar surface area (TPSA) is 87.8 Å². The number of benzene rings is 1. The van der Waals surface area contributed by atoms with E-state index in [2.05, 4.69) is 17.0 Å². The number of likely N-dealkylation sites (tertiary alicyclic amines) is 2. The minimum Gasteiger partial charge on any atom is -0.508 e. The van der Waals surface area contributed by atoms with Crippen LogP contribution in [-0.2, 0) is 25.9 Å². The number of aromatic nitrogens is 2. The molecule has 8 heteroatoms. The van der Waals surface area contributed by atoms with E-state index in [0.717, 1.165) is 49.1 Å². The summed E-state index contributed by atoms with van der Waals surface area (Å²) < 4.78 is 2.37. The summed E-state index contributed by atoms with van der Waals surface area (Å²) in [6.45, 7) is 2.98. The summed E-state index contributed by atoms with van der Waals surface area (Å²) in [6, 6.07) is 6.66. The number of nitrogens with zero attached hydrogens (tertiary/aromatic N) is 4. The molecule has 0 spiro atoms. The Morgan fingerprint density at radius 1 is 1.13 bits per heavy atom. The lowest BCUT2D eigenvalue weighted by Gasteiger charge is -2.66. The van der Waals surface area contributed by atoms with Gasteiger partial charge in [-0.15, -0.1) is 0 Å². The maximum Gasteiger partial charge on any atom is 0.330 e. The van der Waals surface area contributed by atoms with E-state index in [1.165, 1.54) is 48.3 Å². The number of piperidine rings is 1. The molecule has 200 valence electrons. The molecule has 2 saturated heterocycles. The second kappa shape index (κ2) is 7.40. The molecule has 6 atom stereocenters. The number of aryl methyl sites for hydroxylation is 1. The Labute approximate surface area is 221 Å². The minimum absolute atomic E-state index is 0.0405. The summed E-state index contributed by atoms with van der Waals surface area (Å²) in [5.74, 6) is 1.68. The van der Waals surface area contributed by atoms with Gasteiger partial charge in [0.1, 0.15) is 11.3 Å². The van der Waals surface area contributed by atoms with Crippen molar-refractivity contribution < 1.29 is 9.90 Å². The van der Waals surface area contributed by atoms with Crippen molar-refractivity contribution in [2.24, 2.45) is 37.3 Å². The van der Waals surface area contributed by atoms with E-state index >= 15 is 0 Å². The molecule has 1 aromatic carbocycles. The van der Waals surface area contributed by atoms with Crippen molar-refractivity contribution in [2.75, 3.05) is 19.6 Å². The first kappa shape index (κ1) is 23.1. The predicted molar refractivity (Wildman–Crippen MR) is 141 cm³/mol. The number of fused-ring (bicyclic) bond motifs is 1. The van der Waals surface area contributed by atoms with E-state index in [1.54, 1.807) is 7.05 Å². The Morgan fingerprint density at radius 3 is 2.74 bits per heavy atom.